The number of nitrogens with one attached hydrogen (secondary N) is 1. The number of sulfone groups is 1. The van der Waals surface area contributed by atoms with Crippen molar-refractivity contribution >= 4 is 9.84 Å². The number of hydrogen-bond donors (Lipinski definition) is 1. The fraction of sp³-hybridized carbons (Fsp3) is 0.600. The van der Waals surface area contributed by atoms with Gasteiger partial charge in [0, 0.05) is 6.04 Å². The van der Waals surface area contributed by atoms with Gasteiger partial charge in [-0.3, -0.25) is 0 Å². The number of hydrogen-bond acceptors (Lipinski definition) is 3. The van der Waals surface area contributed by atoms with Crippen molar-refractivity contribution in [3.63, 3.8) is 0 Å². The molecule has 0 amide bonds. The highest BCUT2D eigenvalue weighted by Gasteiger charge is 2.29. The summed E-state index contributed by atoms with van der Waals surface area (Å²) in [5.74, 6) is 0.247. The van der Waals surface area contributed by atoms with Crippen LogP contribution in [0.3, 0.4) is 0 Å². The van der Waals surface area contributed by atoms with Crippen LogP contribution in [0.25, 0.3) is 0 Å². The lowest BCUT2D eigenvalue weighted by Gasteiger charge is -2.28. The van der Waals surface area contributed by atoms with Gasteiger partial charge in [-0.05, 0) is 36.4 Å². The number of fused-ring (bicyclic) bond motifs is 1. The lowest BCUT2D eigenvalue weighted by molar-refractivity contribution is 0.350. The van der Waals surface area contributed by atoms with Crippen molar-refractivity contribution < 1.29 is 8.42 Å². The van der Waals surface area contributed by atoms with Crippen molar-refractivity contribution in [1.29, 1.82) is 0 Å². The molecule has 1 aliphatic heterocycles. The molecule has 0 aliphatic carbocycles. The first kappa shape index (κ1) is 14.5. The van der Waals surface area contributed by atoms with Crippen molar-refractivity contribution in [2.45, 2.75) is 44.6 Å². The summed E-state index contributed by atoms with van der Waals surface area (Å²) in [7, 11) is -3.07. The second-order valence-corrected chi connectivity index (χ2v) is 8.54. The van der Waals surface area contributed by atoms with Gasteiger partial charge in [-0.15, -0.1) is 0 Å². The molecule has 1 N–H and O–H groups in total. The second kappa shape index (κ2) is 5.25. The van der Waals surface area contributed by atoms with Crippen molar-refractivity contribution in [3.8, 4) is 0 Å². The third-order valence-corrected chi connectivity index (χ3v) is 5.39. The molecule has 0 fully saturated rings. The number of rotatable bonds is 3. The summed E-state index contributed by atoms with van der Waals surface area (Å²) in [6.45, 7) is 7.57. The maximum atomic E-state index is 12.0. The van der Waals surface area contributed by atoms with Crippen LogP contribution >= 0.6 is 0 Å². The molecule has 1 unspecified atom stereocenters. The summed E-state index contributed by atoms with van der Waals surface area (Å²) < 4.78 is 24.0. The highest BCUT2D eigenvalue weighted by Crippen LogP contribution is 2.32. The minimum Gasteiger partial charge on any atom is -0.310 e. The van der Waals surface area contributed by atoms with Gasteiger partial charge in [-0.1, -0.05) is 39.0 Å². The minimum atomic E-state index is -3.07. The fourth-order valence-corrected chi connectivity index (χ4v) is 4.04. The Morgan fingerprint density at radius 3 is 2.63 bits per heavy atom. The van der Waals surface area contributed by atoms with Gasteiger partial charge in [0.1, 0.15) is 0 Å². The molecular weight excluding hydrogens is 258 g/mol. The van der Waals surface area contributed by atoms with Crippen LogP contribution in [0.15, 0.2) is 29.2 Å². The van der Waals surface area contributed by atoms with Gasteiger partial charge in [-0.25, -0.2) is 8.42 Å². The quantitative estimate of drug-likeness (QED) is 0.926. The van der Waals surface area contributed by atoms with E-state index in [1.165, 1.54) is 0 Å². The van der Waals surface area contributed by atoms with E-state index in [0.717, 1.165) is 18.5 Å². The normalized spacial score (nSPS) is 21.9. The highest BCUT2D eigenvalue weighted by atomic mass is 32.2. The van der Waals surface area contributed by atoms with Crippen molar-refractivity contribution in [3.05, 3.63) is 29.8 Å². The number of benzene rings is 1. The van der Waals surface area contributed by atoms with Crippen LogP contribution in [-0.2, 0) is 9.84 Å². The summed E-state index contributed by atoms with van der Waals surface area (Å²) in [6, 6.07) is 7.54. The summed E-state index contributed by atoms with van der Waals surface area (Å²) in [5, 5.41) is 3.51. The molecule has 1 aliphatic rings. The van der Waals surface area contributed by atoms with E-state index in [0.29, 0.717) is 16.7 Å². The van der Waals surface area contributed by atoms with Crippen molar-refractivity contribution in [2.24, 2.45) is 5.41 Å². The fourth-order valence-electron chi connectivity index (χ4n) is 2.42. The highest BCUT2D eigenvalue weighted by molar-refractivity contribution is 7.91. The van der Waals surface area contributed by atoms with Gasteiger partial charge in [0.2, 0.25) is 0 Å². The van der Waals surface area contributed by atoms with E-state index >= 15 is 0 Å². The van der Waals surface area contributed by atoms with Gasteiger partial charge >= 0.3 is 0 Å². The van der Waals surface area contributed by atoms with Crippen LogP contribution in [0.1, 0.15) is 45.2 Å². The molecule has 3 nitrogen and oxygen atoms in total. The molecule has 0 aromatic heterocycles. The van der Waals surface area contributed by atoms with Crippen LogP contribution in [0, 0.1) is 5.41 Å². The smallest absolute Gasteiger partial charge is 0.178 e. The standard InChI is InChI=1S/C15H23NO2S/c1-15(2,3)9-10-16-13-8-11-19(17,18)14-7-5-4-6-12(13)14/h4-7,13,16H,8-11H2,1-3H3. The summed E-state index contributed by atoms with van der Waals surface area (Å²) in [5.41, 5.74) is 1.23. The first-order valence-corrected chi connectivity index (χ1v) is 8.50. The Balaban J connectivity index is 2.13. The second-order valence-electron chi connectivity index (χ2n) is 6.46. The average Bonchev–Trinajstić information content (AvgIpc) is 2.31. The Hall–Kier alpha value is -0.870. The Bertz CT molecular complexity index is 544. The summed E-state index contributed by atoms with van der Waals surface area (Å²) in [6.07, 6.45) is 1.75. The summed E-state index contributed by atoms with van der Waals surface area (Å²) in [4.78, 5) is 0.509. The van der Waals surface area contributed by atoms with Gasteiger partial charge < -0.3 is 5.32 Å². The van der Waals surface area contributed by atoms with E-state index in [1.807, 2.05) is 12.1 Å². The van der Waals surface area contributed by atoms with Gasteiger partial charge in [-0.2, -0.15) is 0 Å². The lowest BCUT2D eigenvalue weighted by atomic mass is 9.92. The predicted octanol–water partition coefficient (Wildman–Crippen LogP) is 2.93. The van der Waals surface area contributed by atoms with Gasteiger partial charge in [0.15, 0.2) is 9.84 Å². The largest absolute Gasteiger partial charge is 0.310 e. The van der Waals surface area contributed by atoms with Gasteiger partial charge in [0.25, 0.3) is 0 Å². The van der Waals surface area contributed by atoms with Crippen molar-refractivity contribution in [1.82, 2.24) is 5.32 Å². The molecule has 4 heteroatoms. The van der Waals surface area contributed by atoms with E-state index in [1.54, 1.807) is 12.1 Å². The lowest BCUT2D eigenvalue weighted by Crippen LogP contribution is -2.31. The molecule has 0 saturated heterocycles. The molecule has 1 aromatic carbocycles. The molecule has 0 saturated carbocycles. The van der Waals surface area contributed by atoms with Crippen LogP contribution in [0.5, 0.6) is 0 Å². The first-order valence-electron chi connectivity index (χ1n) is 6.85. The van der Waals surface area contributed by atoms with Crippen LogP contribution in [0.4, 0.5) is 0 Å². The Labute approximate surface area is 116 Å². The Kier molecular flexibility index (Phi) is 4.02. The molecule has 0 bridgehead atoms. The molecule has 106 valence electrons. The zero-order valence-electron chi connectivity index (χ0n) is 11.9. The third kappa shape index (κ3) is 3.57. The van der Waals surface area contributed by atoms with E-state index < -0.39 is 9.84 Å². The van der Waals surface area contributed by atoms with Crippen LogP contribution < -0.4 is 5.32 Å². The average molecular weight is 281 g/mol. The Morgan fingerprint density at radius 2 is 1.95 bits per heavy atom. The Morgan fingerprint density at radius 1 is 1.26 bits per heavy atom. The molecule has 2 rings (SSSR count). The van der Waals surface area contributed by atoms with Crippen LogP contribution in [-0.4, -0.2) is 20.7 Å². The summed E-state index contributed by atoms with van der Waals surface area (Å²) >= 11 is 0. The zero-order chi connectivity index (χ0) is 14.1. The monoisotopic (exact) mass is 281 g/mol. The molecule has 0 radical (unpaired) electrons. The maximum absolute atomic E-state index is 12.0. The van der Waals surface area contributed by atoms with E-state index in [4.69, 9.17) is 0 Å². The van der Waals surface area contributed by atoms with Gasteiger partial charge in [0.05, 0.1) is 10.6 Å². The van der Waals surface area contributed by atoms with E-state index in [2.05, 4.69) is 26.1 Å². The minimum absolute atomic E-state index is 0.169. The SMILES string of the molecule is CC(C)(C)CCNC1CCS(=O)(=O)c2ccccc21. The van der Waals surface area contributed by atoms with E-state index in [-0.39, 0.29) is 11.8 Å². The molecular formula is C15H23NO2S. The maximum Gasteiger partial charge on any atom is 0.178 e. The topological polar surface area (TPSA) is 46.2 Å². The molecule has 1 aromatic rings. The zero-order valence-corrected chi connectivity index (χ0v) is 12.8. The molecule has 19 heavy (non-hydrogen) atoms. The molecule has 1 heterocycles. The molecule has 1 atom stereocenters. The molecule has 0 spiro atoms. The predicted molar refractivity (Wildman–Crippen MR) is 77.9 cm³/mol. The first-order chi connectivity index (χ1) is 8.80. The van der Waals surface area contributed by atoms with E-state index in [9.17, 15) is 8.42 Å². The van der Waals surface area contributed by atoms with Crippen molar-refractivity contribution in [2.75, 3.05) is 12.3 Å². The van der Waals surface area contributed by atoms with Crippen LogP contribution in [0.2, 0.25) is 0 Å². The third-order valence-electron chi connectivity index (χ3n) is 3.57.